The second-order valence-electron chi connectivity index (χ2n) is 11.9. The minimum Gasteiger partial charge on any atom is -0.870 e. The van der Waals surface area contributed by atoms with Crippen LogP contribution >= 0.6 is 0 Å². The molecule has 0 bridgehead atoms. The number of aryl methyl sites for hydroxylation is 2. The van der Waals surface area contributed by atoms with Crippen molar-refractivity contribution < 1.29 is 45.6 Å². The Morgan fingerprint density at radius 2 is 1.02 bits per heavy atom. The summed E-state index contributed by atoms with van der Waals surface area (Å²) in [6, 6.07) is 22.5. The normalized spacial score (nSPS) is 11.2. The number of rotatable bonds is 18. The van der Waals surface area contributed by atoms with Gasteiger partial charge in [-0.05, 0) is 67.1 Å². The Morgan fingerprint density at radius 1 is 0.588 bits per heavy atom. The molecule has 13 heteroatoms. The molecule has 4 rings (SSSR count). The van der Waals surface area contributed by atoms with Crippen molar-refractivity contribution in [2.45, 2.75) is 101 Å². The molecule has 0 aromatic heterocycles. The number of hydrogen-bond acceptors (Lipinski definition) is 9. The van der Waals surface area contributed by atoms with Crippen LogP contribution in [0.4, 0.5) is 0 Å². The van der Waals surface area contributed by atoms with Crippen molar-refractivity contribution in [2.24, 2.45) is 0 Å². The maximum Gasteiger partial charge on any atom is 2.00 e. The Morgan fingerprint density at radius 3 is 1.47 bits per heavy atom. The Labute approximate surface area is 332 Å². The van der Waals surface area contributed by atoms with Crippen LogP contribution < -0.4 is 14.6 Å². The molecule has 10 nitrogen and oxygen atoms in total. The van der Waals surface area contributed by atoms with Gasteiger partial charge in [0.25, 0.3) is 10.1 Å². The zero-order valence-corrected chi connectivity index (χ0v) is 33.1. The van der Waals surface area contributed by atoms with E-state index < -0.39 is 36.6 Å². The SMILES string of the molecule is CCCCCCCc1ccc(O)c(Oc2ccccc2)c1S(=O)(=O)O.CCCCCCCc1ccc([O-])c(Oc2ccccc2)c1S(=O)(=O)[O-].[Ca+2]. The number of phenols is 1. The zero-order chi connectivity index (χ0) is 36.6. The third-order valence-corrected chi connectivity index (χ3v) is 9.78. The summed E-state index contributed by atoms with van der Waals surface area (Å²) in [7, 11) is -9.37. The standard InChI is InChI=1S/2C19H24O5S.Ca/c2*1-2-3-4-5-7-10-15-13-14-17(20)18(19(15)25(21,22)23)24-16-11-8-6-9-12-16;/h2*6,8-9,11-14,20H,2-5,7,10H2,1H3,(H,21,22,23);/q;;+2/p-2. The number of ether oxygens (including phenoxy) is 2. The summed E-state index contributed by atoms with van der Waals surface area (Å²) in [4.78, 5) is -0.883. The molecule has 4 aromatic carbocycles. The van der Waals surface area contributed by atoms with Gasteiger partial charge in [-0.2, -0.15) is 8.42 Å². The first-order chi connectivity index (χ1) is 23.9. The van der Waals surface area contributed by atoms with Gasteiger partial charge in [0, 0.05) is 0 Å². The second-order valence-corrected chi connectivity index (χ2v) is 14.5. The topological polar surface area (TPSA) is 173 Å². The molecule has 0 aliphatic heterocycles. The quantitative estimate of drug-likeness (QED) is 0.0568. The minimum atomic E-state index is -4.83. The van der Waals surface area contributed by atoms with Crippen molar-refractivity contribution in [3.05, 3.63) is 96.1 Å². The van der Waals surface area contributed by atoms with E-state index in [2.05, 4.69) is 13.8 Å². The molecule has 0 amide bonds. The number of phenolic OH excluding ortho intramolecular Hbond substituents is 1. The number of hydrogen-bond donors (Lipinski definition) is 2. The third kappa shape index (κ3) is 14.6. The molecule has 4 aromatic rings. The summed E-state index contributed by atoms with van der Waals surface area (Å²) < 4.78 is 79.9. The molecule has 0 saturated heterocycles. The average molecular weight is 767 g/mol. The van der Waals surface area contributed by atoms with Gasteiger partial charge >= 0.3 is 37.7 Å². The Balaban J connectivity index is 0.000000347. The first-order valence-corrected chi connectivity index (χ1v) is 19.8. The Hall–Kier alpha value is -2.84. The molecule has 0 spiro atoms. The molecule has 0 aliphatic rings. The van der Waals surface area contributed by atoms with Crippen molar-refractivity contribution in [1.29, 1.82) is 0 Å². The van der Waals surface area contributed by atoms with Crippen molar-refractivity contribution in [3.63, 3.8) is 0 Å². The van der Waals surface area contributed by atoms with E-state index in [-0.39, 0.29) is 54.1 Å². The van der Waals surface area contributed by atoms with Crippen LogP contribution in [0.15, 0.2) is 94.7 Å². The first kappa shape index (κ1) is 44.3. The van der Waals surface area contributed by atoms with E-state index in [1.165, 1.54) is 24.3 Å². The van der Waals surface area contributed by atoms with Gasteiger partial charge in [0.1, 0.15) is 32.3 Å². The van der Waals surface area contributed by atoms with E-state index in [0.717, 1.165) is 64.2 Å². The van der Waals surface area contributed by atoms with Crippen LogP contribution in [0.1, 0.15) is 89.2 Å². The molecule has 51 heavy (non-hydrogen) atoms. The minimum absolute atomic E-state index is 0. The predicted octanol–water partition coefficient (Wildman–Crippen LogP) is 8.53. The zero-order valence-electron chi connectivity index (χ0n) is 29.3. The van der Waals surface area contributed by atoms with Gasteiger partial charge in [-0.3, -0.25) is 4.55 Å². The van der Waals surface area contributed by atoms with Gasteiger partial charge < -0.3 is 24.2 Å². The number of para-hydroxylation sites is 2. The first-order valence-electron chi connectivity index (χ1n) is 16.9. The van der Waals surface area contributed by atoms with Crippen LogP contribution in [0, 0.1) is 0 Å². The van der Waals surface area contributed by atoms with E-state index in [0.29, 0.717) is 35.5 Å². The summed E-state index contributed by atoms with van der Waals surface area (Å²) in [6.07, 6.45) is 11.0. The van der Waals surface area contributed by atoms with Gasteiger partial charge in [0.2, 0.25) is 0 Å². The fourth-order valence-corrected chi connectivity index (χ4v) is 7.12. The monoisotopic (exact) mass is 766 g/mol. The van der Waals surface area contributed by atoms with E-state index in [1.807, 2.05) is 0 Å². The fraction of sp³-hybridized carbons (Fsp3) is 0.368. The van der Waals surface area contributed by atoms with Crippen molar-refractivity contribution >= 4 is 58.0 Å². The Kier molecular flexibility index (Phi) is 19.4. The average Bonchev–Trinajstić information content (AvgIpc) is 3.07. The summed E-state index contributed by atoms with van der Waals surface area (Å²) in [6.45, 7) is 4.24. The largest absolute Gasteiger partial charge is 2.00 e. The van der Waals surface area contributed by atoms with Gasteiger partial charge in [-0.15, -0.1) is 0 Å². The van der Waals surface area contributed by atoms with E-state index >= 15 is 0 Å². The molecule has 0 unspecified atom stereocenters. The van der Waals surface area contributed by atoms with Crippen LogP contribution in [0.25, 0.3) is 0 Å². The maximum absolute atomic E-state index is 12.1. The van der Waals surface area contributed by atoms with Crippen molar-refractivity contribution in [1.82, 2.24) is 0 Å². The summed E-state index contributed by atoms with van der Waals surface area (Å²) in [5.74, 6) is -0.904. The number of unbranched alkanes of at least 4 members (excludes halogenated alkanes) is 8. The van der Waals surface area contributed by atoms with Crippen molar-refractivity contribution in [2.75, 3.05) is 0 Å². The smallest absolute Gasteiger partial charge is 0.870 e. The predicted molar refractivity (Wildman–Crippen MR) is 195 cm³/mol. The summed E-state index contributed by atoms with van der Waals surface area (Å²) in [5.41, 5.74) is 0.791. The molecule has 0 heterocycles. The molecule has 272 valence electrons. The fourth-order valence-electron chi connectivity index (χ4n) is 5.38. The van der Waals surface area contributed by atoms with Crippen molar-refractivity contribution in [3.8, 4) is 34.5 Å². The molecule has 2 N–H and O–H groups in total. The van der Waals surface area contributed by atoms with E-state index in [9.17, 15) is 36.2 Å². The van der Waals surface area contributed by atoms with Crippen LogP contribution in [0.5, 0.6) is 34.5 Å². The number of benzene rings is 4. The van der Waals surface area contributed by atoms with E-state index in [4.69, 9.17) is 9.47 Å². The van der Waals surface area contributed by atoms with Gasteiger partial charge in [-0.25, -0.2) is 8.42 Å². The Bertz CT molecular complexity index is 1710. The van der Waals surface area contributed by atoms with Crippen LogP contribution in [0.2, 0.25) is 0 Å². The molecular formula is C38H46CaO10S2. The molecular weight excluding hydrogens is 721 g/mol. The molecule has 0 saturated carbocycles. The molecule has 0 fully saturated rings. The van der Waals surface area contributed by atoms with E-state index in [1.54, 1.807) is 60.7 Å². The summed E-state index contributed by atoms with van der Waals surface area (Å²) >= 11 is 0. The van der Waals surface area contributed by atoms with Crippen LogP contribution in [-0.4, -0.2) is 68.8 Å². The number of aromatic hydroxyl groups is 1. The maximum atomic E-state index is 12.1. The van der Waals surface area contributed by atoms with Crippen LogP contribution in [0.3, 0.4) is 0 Å². The van der Waals surface area contributed by atoms with Gasteiger partial charge in [0.05, 0.1) is 4.90 Å². The molecule has 0 atom stereocenters. The second kappa shape index (κ2) is 22.3. The molecule has 0 aliphatic carbocycles. The van der Waals surface area contributed by atoms with Crippen LogP contribution in [-0.2, 0) is 33.1 Å². The summed E-state index contributed by atoms with van der Waals surface area (Å²) in [5, 5.41) is 22.2. The third-order valence-electron chi connectivity index (χ3n) is 7.86. The van der Waals surface area contributed by atoms with Gasteiger partial charge in [-0.1, -0.05) is 126 Å². The molecule has 0 radical (unpaired) electrons. The van der Waals surface area contributed by atoms with Gasteiger partial charge in [0.15, 0.2) is 11.5 Å².